The van der Waals surface area contributed by atoms with Crippen LogP contribution in [0.15, 0.2) is 41.0 Å². The summed E-state index contributed by atoms with van der Waals surface area (Å²) in [5, 5.41) is 2.97. The van der Waals surface area contributed by atoms with Crippen LogP contribution < -0.4 is 10.1 Å². The van der Waals surface area contributed by atoms with Gasteiger partial charge in [-0.2, -0.15) is 0 Å². The minimum Gasteiger partial charge on any atom is -0.491 e. The Kier molecular flexibility index (Phi) is 4.91. The first-order valence-corrected chi connectivity index (χ1v) is 7.15. The van der Waals surface area contributed by atoms with Gasteiger partial charge in [0.1, 0.15) is 5.75 Å². The molecule has 1 aromatic carbocycles. The zero-order valence-corrected chi connectivity index (χ0v) is 13.0. The molecule has 5 heteroatoms. The highest BCUT2D eigenvalue weighted by molar-refractivity contribution is 6.32. The second kappa shape index (κ2) is 6.68. The van der Waals surface area contributed by atoms with Gasteiger partial charge in [-0.05, 0) is 56.1 Å². The summed E-state index contributed by atoms with van der Waals surface area (Å²) in [6.45, 7) is 5.86. The molecule has 4 nitrogen and oxygen atoms in total. The van der Waals surface area contributed by atoms with Crippen molar-refractivity contribution in [2.75, 3.05) is 0 Å². The van der Waals surface area contributed by atoms with Crippen LogP contribution in [0, 0.1) is 0 Å². The van der Waals surface area contributed by atoms with E-state index in [0.29, 0.717) is 5.56 Å². The maximum absolute atomic E-state index is 12.0. The Morgan fingerprint density at radius 3 is 2.38 bits per heavy atom. The Morgan fingerprint density at radius 2 is 1.86 bits per heavy atom. The van der Waals surface area contributed by atoms with Crippen molar-refractivity contribution in [2.24, 2.45) is 0 Å². The highest BCUT2D eigenvalue weighted by atomic mass is 35.5. The van der Waals surface area contributed by atoms with Gasteiger partial charge in [0.2, 0.25) is 5.22 Å². The molecule has 0 saturated carbocycles. The Morgan fingerprint density at radius 1 is 1.19 bits per heavy atom. The van der Waals surface area contributed by atoms with E-state index >= 15 is 0 Å². The molecular weight excluding hydrogens is 290 g/mol. The van der Waals surface area contributed by atoms with Crippen LogP contribution in [0.1, 0.15) is 42.7 Å². The van der Waals surface area contributed by atoms with Crippen molar-refractivity contribution in [1.29, 1.82) is 0 Å². The summed E-state index contributed by atoms with van der Waals surface area (Å²) in [6.07, 6.45) is 1.52. The summed E-state index contributed by atoms with van der Waals surface area (Å²) in [6, 6.07) is 9.05. The van der Waals surface area contributed by atoms with Crippen molar-refractivity contribution in [3.63, 3.8) is 0 Å². The van der Waals surface area contributed by atoms with Crippen molar-refractivity contribution in [3.8, 4) is 5.75 Å². The molecular formula is C16H18ClNO3. The van der Waals surface area contributed by atoms with Crippen LogP contribution in [-0.2, 0) is 0 Å². The van der Waals surface area contributed by atoms with Crippen molar-refractivity contribution in [2.45, 2.75) is 32.9 Å². The predicted molar refractivity (Wildman–Crippen MR) is 81.8 cm³/mol. The van der Waals surface area contributed by atoms with Gasteiger partial charge in [-0.25, -0.2) is 0 Å². The van der Waals surface area contributed by atoms with Crippen LogP contribution in [0.25, 0.3) is 0 Å². The quantitative estimate of drug-likeness (QED) is 0.900. The van der Waals surface area contributed by atoms with E-state index in [2.05, 4.69) is 5.32 Å². The lowest BCUT2D eigenvalue weighted by Crippen LogP contribution is -2.26. The Bertz CT molecular complexity index is 604. The molecule has 21 heavy (non-hydrogen) atoms. The number of furan rings is 1. The number of carbonyl (C=O) groups excluding carboxylic acids is 1. The molecule has 1 aromatic heterocycles. The van der Waals surface area contributed by atoms with E-state index in [1.54, 1.807) is 6.07 Å². The summed E-state index contributed by atoms with van der Waals surface area (Å²) in [4.78, 5) is 12.0. The molecule has 1 heterocycles. The van der Waals surface area contributed by atoms with Gasteiger partial charge in [-0.3, -0.25) is 4.79 Å². The Labute approximate surface area is 129 Å². The molecule has 0 spiro atoms. The monoisotopic (exact) mass is 307 g/mol. The van der Waals surface area contributed by atoms with Crippen molar-refractivity contribution in [1.82, 2.24) is 5.32 Å². The van der Waals surface area contributed by atoms with Crippen LogP contribution in [0.3, 0.4) is 0 Å². The van der Waals surface area contributed by atoms with Crippen LogP contribution in [-0.4, -0.2) is 12.0 Å². The molecule has 2 rings (SSSR count). The largest absolute Gasteiger partial charge is 0.491 e. The minimum atomic E-state index is -0.260. The van der Waals surface area contributed by atoms with E-state index < -0.39 is 0 Å². The fourth-order valence-corrected chi connectivity index (χ4v) is 2.12. The molecule has 0 aliphatic rings. The normalized spacial score (nSPS) is 12.2. The number of carbonyl (C=O) groups is 1. The van der Waals surface area contributed by atoms with E-state index in [1.165, 1.54) is 6.26 Å². The van der Waals surface area contributed by atoms with Crippen LogP contribution in [0.2, 0.25) is 5.22 Å². The second-order valence-electron chi connectivity index (χ2n) is 5.04. The maximum Gasteiger partial charge on any atom is 0.256 e. The first-order valence-electron chi connectivity index (χ1n) is 6.78. The highest BCUT2D eigenvalue weighted by Crippen LogP contribution is 2.21. The van der Waals surface area contributed by atoms with Gasteiger partial charge >= 0.3 is 0 Å². The van der Waals surface area contributed by atoms with Gasteiger partial charge in [0, 0.05) is 0 Å². The van der Waals surface area contributed by atoms with E-state index in [9.17, 15) is 4.79 Å². The number of amides is 1. The summed E-state index contributed by atoms with van der Waals surface area (Å²) in [7, 11) is 0. The van der Waals surface area contributed by atoms with Crippen molar-refractivity contribution in [3.05, 3.63) is 52.9 Å². The SMILES string of the molecule is CC(C)Oc1ccc(C(C)NC(=O)c2ccoc2Cl)cc1. The number of hydrogen-bond donors (Lipinski definition) is 1. The molecule has 0 aliphatic carbocycles. The number of halogens is 1. The molecule has 0 aliphatic heterocycles. The van der Waals surface area contributed by atoms with Gasteiger partial charge in [0.05, 0.1) is 24.0 Å². The number of rotatable bonds is 5. The molecule has 2 aromatic rings. The average molecular weight is 308 g/mol. The summed E-state index contributed by atoms with van der Waals surface area (Å²) >= 11 is 5.79. The molecule has 1 atom stereocenters. The Hall–Kier alpha value is -1.94. The number of hydrogen-bond acceptors (Lipinski definition) is 3. The van der Waals surface area contributed by atoms with E-state index in [4.69, 9.17) is 20.8 Å². The predicted octanol–water partition coefficient (Wildman–Crippen LogP) is 4.21. The molecule has 112 valence electrons. The first-order chi connectivity index (χ1) is 9.97. The third kappa shape index (κ3) is 4.02. The van der Waals surface area contributed by atoms with E-state index in [1.807, 2.05) is 45.0 Å². The van der Waals surface area contributed by atoms with Gasteiger partial charge in [-0.1, -0.05) is 12.1 Å². The molecule has 0 fully saturated rings. The topological polar surface area (TPSA) is 51.5 Å². The highest BCUT2D eigenvalue weighted by Gasteiger charge is 2.16. The van der Waals surface area contributed by atoms with Gasteiger partial charge in [-0.15, -0.1) is 0 Å². The standard InChI is InChI=1S/C16H18ClNO3/c1-10(2)21-13-6-4-12(5-7-13)11(3)18-16(19)14-8-9-20-15(14)17/h4-11H,1-3H3,(H,18,19). The zero-order chi connectivity index (χ0) is 15.4. The van der Waals surface area contributed by atoms with Crippen molar-refractivity contribution < 1.29 is 13.9 Å². The fourth-order valence-electron chi connectivity index (χ4n) is 1.92. The van der Waals surface area contributed by atoms with E-state index in [-0.39, 0.29) is 23.3 Å². The lowest BCUT2D eigenvalue weighted by atomic mass is 10.1. The molecule has 0 saturated heterocycles. The fraction of sp³-hybridized carbons (Fsp3) is 0.312. The third-order valence-corrected chi connectivity index (χ3v) is 3.25. The van der Waals surface area contributed by atoms with Crippen LogP contribution in [0.4, 0.5) is 0 Å². The minimum absolute atomic E-state index is 0.0976. The number of ether oxygens (including phenoxy) is 1. The zero-order valence-electron chi connectivity index (χ0n) is 12.2. The van der Waals surface area contributed by atoms with E-state index in [0.717, 1.165) is 11.3 Å². The molecule has 0 bridgehead atoms. The summed E-state index contributed by atoms with van der Waals surface area (Å²) in [5.41, 5.74) is 1.32. The lowest BCUT2D eigenvalue weighted by Gasteiger charge is -2.15. The lowest BCUT2D eigenvalue weighted by molar-refractivity contribution is 0.0939. The van der Waals surface area contributed by atoms with Gasteiger partial charge in [0.25, 0.3) is 5.91 Å². The third-order valence-electron chi connectivity index (χ3n) is 2.96. The molecule has 1 unspecified atom stereocenters. The maximum atomic E-state index is 12.0. The summed E-state index contributed by atoms with van der Waals surface area (Å²) in [5.74, 6) is 0.550. The first kappa shape index (κ1) is 15.4. The van der Waals surface area contributed by atoms with Crippen LogP contribution in [0.5, 0.6) is 5.75 Å². The second-order valence-corrected chi connectivity index (χ2v) is 5.38. The molecule has 1 N–H and O–H groups in total. The number of nitrogens with one attached hydrogen (secondary N) is 1. The number of benzene rings is 1. The smallest absolute Gasteiger partial charge is 0.256 e. The van der Waals surface area contributed by atoms with Crippen LogP contribution >= 0.6 is 11.6 Å². The Balaban J connectivity index is 2.01. The average Bonchev–Trinajstić information content (AvgIpc) is 2.85. The van der Waals surface area contributed by atoms with Gasteiger partial charge in [0.15, 0.2) is 0 Å². The molecule has 0 radical (unpaired) electrons. The summed E-state index contributed by atoms with van der Waals surface area (Å²) < 4.78 is 10.5. The molecule has 1 amide bonds. The van der Waals surface area contributed by atoms with Crippen molar-refractivity contribution >= 4 is 17.5 Å². The van der Waals surface area contributed by atoms with Gasteiger partial charge < -0.3 is 14.5 Å².